The van der Waals surface area contributed by atoms with E-state index in [2.05, 4.69) is 9.97 Å². The van der Waals surface area contributed by atoms with Crippen LogP contribution in [0.1, 0.15) is 17.4 Å². The van der Waals surface area contributed by atoms with Crippen LogP contribution >= 0.6 is 0 Å². The highest BCUT2D eigenvalue weighted by molar-refractivity contribution is 5.29. The summed E-state index contributed by atoms with van der Waals surface area (Å²) in [4.78, 5) is 7.96. The number of aryl methyl sites for hydroxylation is 1. The van der Waals surface area contributed by atoms with Gasteiger partial charge in [0, 0.05) is 18.8 Å². The molecule has 0 saturated heterocycles. The minimum atomic E-state index is -0.741. The van der Waals surface area contributed by atoms with Crippen LogP contribution in [0.15, 0.2) is 31.0 Å². The Labute approximate surface area is 93.3 Å². The van der Waals surface area contributed by atoms with Crippen LogP contribution in [-0.2, 0) is 7.05 Å². The fraction of sp³-hybridized carbons (Fsp3) is 0.273. The molecule has 0 bridgehead atoms. The summed E-state index contributed by atoms with van der Waals surface area (Å²) in [6.07, 6.45) is 5.74. The average Bonchev–Trinajstić information content (AvgIpc) is 2.74. The van der Waals surface area contributed by atoms with E-state index in [4.69, 9.17) is 4.74 Å². The molecule has 1 atom stereocenters. The summed E-state index contributed by atoms with van der Waals surface area (Å²) in [6, 6.07) is 1.75. The summed E-state index contributed by atoms with van der Waals surface area (Å²) in [5, 5.41) is 10.1. The van der Waals surface area contributed by atoms with Gasteiger partial charge in [-0.2, -0.15) is 0 Å². The molecular weight excluding hydrogens is 206 g/mol. The zero-order valence-corrected chi connectivity index (χ0v) is 9.16. The summed E-state index contributed by atoms with van der Waals surface area (Å²) in [6.45, 7) is 0. The largest absolute Gasteiger partial charge is 0.495 e. The molecular formula is C11H13N3O2. The topological polar surface area (TPSA) is 60.2 Å². The van der Waals surface area contributed by atoms with Gasteiger partial charge in [-0.3, -0.25) is 4.98 Å². The van der Waals surface area contributed by atoms with E-state index >= 15 is 0 Å². The molecule has 0 spiro atoms. The van der Waals surface area contributed by atoms with Gasteiger partial charge in [0.05, 0.1) is 31.5 Å². The molecule has 2 aromatic rings. The molecule has 84 valence electrons. The van der Waals surface area contributed by atoms with Gasteiger partial charge in [-0.1, -0.05) is 0 Å². The Morgan fingerprint density at radius 2 is 2.12 bits per heavy atom. The molecule has 0 aliphatic rings. The monoisotopic (exact) mass is 219 g/mol. The predicted molar refractivity (Wildman–Crippen MR) is 58.1 cm³/mol. The van der Waals surface area contributed by atoms with Gasteiger partial charge in [0.15, 0.2) is 0 Å². The highest BCUT2D eigenvalue weighted by Crippen LogP contribution is 2.23. The normalized spacial score (nSPS) is 12.4. The second-order valence-corrected chi connectivity index (χ2v) is 3.49. The first-order valence-corrected chi connectivity index (χ1v) is 4.85. The van der Waals surface area contributed by atoms with E-state index in [0.29, 0.717) is 11.3 Å². The Morgan fingerprint density at radius 1 is 1.31 bits per heavy atom. The van der Waals surface area contributed by atoms with Crippen molar-refractivity contribution in [1.29, 1.82) is 0 Å². The summed E-state index contributed by atoms with van der Waals surface area (Å²) < 4.78 is 6.82. The van der Waals surface area contributed by atoms with Gasteiger partial charge in [0.1, 0.15) is 11.9 Å². The molecule has 2 rings (SSSR count). The van der Waals surface area contributed by atoms with Gasteiger partial charge in [-0.25, -0.2) is 4.98 Å². The van der Waals surface area contributed by atoms with Crippen molar-refractivity contribution < 1.29 is 9.84 Å². The lowest BCUT2D eigenvalue weighted by molar-refractivity contribution is 0.210. The maximum Gasteiger partial charge on any atom is 0.137 e. The average molecular weight is 219 g/mol. The maximum atomic E-state index is 10.1. The first-order chi connectivity index (χ1) is 7.72. The van der Waals surface area contributed by atoms with Crippen molar-refractivity contribution in [2.45, 2.75) is 6.10 Å². The minimum absolute atomic E-state index is 0.624. The van der Waals surface area contributed by atoms with E-state index in [-0.39, 0.29) is 0 Å². The number of aliphatic hydroxyl groups is 1. The van der Waals surface area contributed by atoms with Crippen LogP contribution in [0.5, 0.6) is 5.75 Å². The van der Waals surface area contributed by atoms with Crippen molar-refractivity contribution in [2.24, 2.45) is 7.05 Å². The number of imidazole rings is 1. The van der Waals surface area contributed by atoms with Gasteiger partial charge in [-0.05, 0) is 6.07 Å². The van der Waals surface area contributed by atoms with E-state index in [1.54, 1.807) is 42.7 Å². The highest BCUT2D eigenvalue weighted by atomic mass is 16.5. The number of ether oxygens (including phenoxy) is 1. The Balaban J connectivity index is 2.33. The number of aromatic nitrogens is 3. The zero-order valence-electron chi connectivity index (χ0n) is 9.16. The van der Waals surface area contributed by atoms with Crippen LogP contribution in [-0.4, -0.2) is 26.8 Å². The number of methoxy groups -OCH3 is 1. The molecule has 0 amide bonds. The van der Waals surface area contributed by atoms with E-state index in [1.807, 2.05) is 7.05 Å². The fourth-order valence-electron chi connectivity index (χ4n) is 1.50. The smallest absolute Gasteiger partial charge is 0.137 e. The molecule has 5 nitrogen and oxygen atoms in total. The van der Waals surface area contributed by atoms with Gasteiger partial charge in [0.2, 0.25) is 0 Å². The van der Waals surface area contributed by atoms with Crippen molar-refractivity contribution in [3.8, 4) is 5.75 Å². The van der Waals surface area contributed by atoms with Crippen molar-refractivity contribution in [2.75, 3.05) is 7.11 Å². The maximum absolute atomic E-state index is 10.1. The van der Waals surface area contributed by atoms with Crippen LogP contribution in [0.3, 0.4) is 0 Å². The highest BCUT2D eigenvalue weighted by Gasteiger charge is 2.14. The Bertz CT molecular complexity index is 482. The summed E-state index contributed by atoms with van der Waals surface area (Å²) in [5.74, 6) is 0.624. The lowest BCUT2D eigenvalue weighted by Gasteiger charge is -2.11. The first-order valence-electron chi connectivity index (χ1n) is 4.85. The molecule has 5 heteroatoms. The molecule has 2 heterocycles. The fourth-order valence-corrected chi connectivity index (χ4v) is 1.50. The molecule has 0 aliphatic carbocycles. The van der Waals surface area contributed by atoms with Gasteiger partial charge in [-0.15, -0.1) is 0 Å². The standard InChI is InChI=1S/C11H13N3O2/c1-14-7-13-6-10(14)11(15)8-3-9(16-2)5-12-4-8/h3-7,11,15H,1-2H3. The predicted octanol–water partition coefficient (Wildman–Crippen LogP) is 0.905. The van der Waals surface area contributed by atoms with Crippen molar-refractivity contribution in [1.82, 2.24) is 14.5 Å². The van der Waals surface area contributed by atoms with E-state index < -0.39 is 6.10 Å². The van der Waals surface area contributed by atoms with Crippen molar-refractivity contribution in [3.05, 3.63) is 42.2 Å². The third kappa shape index (κ3) is 1.90. The number of hydrogen-bond donors (Lipinski definition) is 1. The molecule has 1 unspecified atom stereocenters. The zero-order chi connectivity index (χ0) is 11.5. The molecule has 2 aromatic heterocycles. The molecule has 0 aliphatic heterocycles. The van der Waals surface area contributed by atoms with Crippen molar-refractivity contribution in [3.63, 3.8) is 0 Å². The van der Waals surface area contributed by atoms with Crippen LogP contribution < -0.4 is 4.74 Å². The SMILES string of the molecule is COc1cncc(C(O)c2cncn2C)c1. The van der Waals surface area contributed by atoms with Crippen LogP contribution in [0.4, 0.5) is 0 Å². The van der Waals surface area contributed by atoms with E-state index in [9.17, 15) is 5.11 Å². The Morgan fingerprint density at radius 3 is 2.75 bits per heavy atom. The van der Waals surface area contributed by atoms with E-state index in [1.165, 1.54) is 0 Å². The first kappa shape index (κ1) is 10.6. The van der Waals surface area contributed by atoms with E-state index in [0.717, 1.165) is 5.69 Å². The molecule has 0 radical (unpaired) electrons. The molecule has 0 saturated carbocycles. The van der Waals surface area contributed by atoms with Crippen LogP contribution in [0.2, 0.25) is 0 Å². The number of rotatable bonds is 3. The number of hydrogen-bond acceptors (Lipinski definition) is 4. The van der Waals surface area contributed by atoms with Crippen LogP contribution in [0, 0.1) is 0 Å². The van der Waals surface area contributed by atoms with Gasteiger partial charge >= 0.3 is 0 Å². The number of pyridine rings is 1. The third-order valence-corrected chi connectivity index (χ3v) is 2.42. The molecule has 1 N–H and O–H groups in total. The van der Waals surface area contributed by atoms with Crippen molar-refractivity contribution >= 4 is 0 Å². The molecule has 0 aromatic carbocycles. The van der Waals surface area contributed by atoms with Gasteiger partial charge in [0.25, 0.3) is 0 Å². The lowest BCUT2D eigenvalue weighted by Crippen LogP contribution is -2.05. The third-order valence-electron chi connectivity index (χ3n) is 2.42. The summed E-state index contributed by atoms with van der Waals surface area (Å²) >= 11 is 0. The lowest BCUT2D eigenvalue weighted by atomic mass is 10.1. The molecule has 0 fully saturated rings. The quantitative estimate of drug-likeness (QED) is 0.833. The Kier molecular flexibility index (Phi) is 2.87. The second-order valence-electron chi connectivity index (χ2n) is 3.49. The molecule has 16 heavy (non-hydrogen) atoms. The summed E-state index contributed by atoms with van der Waals surface area (Å²) in [5.41, 5.74) is 1.40. The Hall–Kier alpha value is -1.88. The number of aliphatic hydroxyl groups excluding tert-OH is 1. The van der Waals surface area contributed by atoms with Crippen LogP contribution in [0.25, 0.3) is 0 Å². The second kappa shape index (κ2) is 4.32. The number of nitrogens with zero attached hydrogens (tertiary/aromatic N) is 3. The van der Waals surface area contributed by atoms with Gasteiger partial charge < -0.3 is 14.4 Å². The summed E-state index contributed by atoms with van der Waals surface area (Å²) in [7, 11) is 3.40. The minimum Gasteiger partial charge on any atom is -0.495 e.